The van der Waals surface area contributed by atoms with Crippen molar-refractivity contribution in [1.82, 2.24) is 0 Å². The molecule has 39 heavy (non-hydrogen) atoms. The Hall–Kier alpha value is -2.29. The Morgan fingerprint density at radius 2 is 1.90 bits per heavy atom. The summed E-state index contributed by atoms with van der Waals surface area (Å²) < 4.78 is 12.0. The minimum atomic E-state index is -2.26. The largest absolute Gasteiger partial charge is 0.458 e. The van der Waals surface area contributed by atoms with Crippen LogP contribution in [0.5, 0.6) is 0 Å². The van der Waals surface area contributed by atoms with Gasteiger partial charge in [0.1, 0.15) is 11.7 Å². The van der Waals surface area contributed by atoms with Crippen molar-refractivity contribution in [2.45, 2.75) is 104 Å². The van der Waals surface area contributed by atoms with E-state index in [2.05, 4.69) is 6.92 Å². The van der Waals surface area contributed by atoms with E-state index in [0.717, 1.165) is 19.3 Å². The molecule has 3 unspecified atom stereocenters. The monoisotopic (exact) mass is 544 g/mol. The lowest BCUT2D eigenvalue weighted by Crippen LogP contribution is -2.66. The zero-order valence-corrected chi connectivity index (χ0v) is 24.2. The summed E-state index contributed by atoms with van der Waals surface area (Å²) in [4.78, 5) is 40.5. The first kappa shape index (κ1) is 29.7. The maximum absolute atomic E-state index is 14.7. The van der Waals surface area contributed by atoms with Crippen molar-refractivity contribution in [3.05, 3.63) is 34.9 Å². The van der Waals surface area contributed by atoms with Gasteiger partial charge in [-0.15, -0.1) is 0 Å². The van der Waals surface area contributed by atoms with Crippen molar-refractivity contribution >= 4 is 17.7 Å². The molecule has 0 radical (unpaired) electrons. The lowest BCUT2D eigenvalue weighted by molar-refractivity contribution is -0.203. The zero-order chi connectivity index (χ0) is 29.1. The number of aliphatic hydroxyl groups excluding tert-OH is 2. The number of ether oxygens (including phenoxy) is 2. The Balaban J connectivity index is 1.85. The maximum atomic E-state index is 14.7. The fraction of sp³-hybridized carbons (Fsp3) is 0.710. The van der Waals surface area contributed by atoms with E-state index in [-0.39, 0.29) is 23.7 Å². The summed E-state index contributed by atoms with van der Waals surface area (Å²) in [5, 5.41) is 34.5. The number of aliphatic hydroxyl groups is 3. The minimum Gasteiger partial charge on any atom is -0.458 e. The number of Topliss-reactive ketones (excluding diaryl/α,β-unsaturated/α-hetero) is 1. The Kier molecular flexibility index (Phi) is 7.58. The third kappa shape index (κ3) is 3.92. The fourth-order valence-corrected chi connectivity index (χ4v) is 7.99. The second kappa shape index (κ2) is 9.96. The van der Waals surface area contributed by atoms with Crippen LogP contribution >= 0.6 is 0 Å². The van der Waals surface area contributed by atoms with Crippen molar-refractivity contribution in [1.29, 1.82) is 0 Å². The molecule has 1 spiro atoms. The molecular weight excluding hydrogens is 500 g/mol. The van der Waals surface area contributed by atoms with E-state index in [1.165, 1.54) is 0 Å². The standard InChI is InChI=1S/C31H44O8/c1-8-10-11-12-22(33)39-30-15-19(5)29-14-18(4)26(38-27(36)17(3)9-2)31(29,37)24(34)20(16-32)13-21(25(29)35)23(30)28(30,6)7/h9,13-14,19,21,23-24,26,32,34,37H,8,10-12,15-16H2,1-7H3/b17-9-/t19-,21?,23-,24?,26?,29+,30+,31+/m1/s1. The average molecular weight is 545 g/mol. The smallest absolute Gasteiger partial charge is 0.334 e. The van der Waals surface area contributed by atoms with Crippen LogP contribution in [0.1, 0.15) is 80.6 Å². The molecule has 0 aromatic rings. The van der Waals surface area contributed by atoms with E-state index >= 15 is 0 Å². The molecule has 8 heteroatoms. The summed E-state index contributed by atoms with van der Waals surface area (Å²) in [6.07, 6.45) is 5.02. The molecule has 2 bridgehead atoms. The molecule has 0 saturated heterocycles. The lowest BCUT2D eigenvalue weighted by Gasteiger charge is -2.49. The van der Waals surface area contributed by atoms with E-state index in [9.17, 15) is 29.7 Å². The maximum Gasteiger partial charge on any atom is 0.334 e. The number of carbonyl (C=O) groups excluding carboxylic acids is 3. The van der Waals surface area contributed by atoms with Gasteiger partial charge in [-0.05, 0) is 50.7 Å². The van der Waals surface area contributed by atoms with Crippen molar-refractivity contribution < 1.29 is 39.2 Å². The van der Waals surface area contributed by atoms with Crippen LogP contribution in [-0.2, 0) is 23.9 Å². The van der Waals surface area contributed by atoms with E-state index < -0.39 is 64.6 Å². The second-order valence-electron chi connectivity index (χ2n) is 12.7. The predicted molar refractivity (Wildman–Crippen MR) is 144 cm³/mol. The van der Waals surface area contributed by atoms with Crippen LogP contribution < -0.4 is 0 Å². The molecule has 2 fully saturated rings. The van der Waals surface area contributed by atoms with Crippen LogP contribution in [0.3, 0.4) is 0 Å². The molecule has 3 N–H and O–H groups in total. The van der Waals surface area contributed by atoms with E-state index in [4.69, 9.17) is 9.47 Å². The highest BCUT2D eigenvalue weighted by Crippen LogP contribution is 2.75. The van der Waals surface area contributed by atoms with Gasteiger partial charge < -0.3 is 24.8 Å². The molecular formula is C31H44O8. The molecule has 2 saturated carbocycles. The SMILES string of the molecule is C/C=C(/C)C(=O)OC1C(C)=C[C@]23C(=O)C(C=C(CO)C(O)[C@]12O)[C@@H]1C(C)(C)[C@]1(OC(=O)CCCCC)C[C@H]3C. The first-order chi connectivity index (χ1) is 18.2. The number of hydrogen-bond donors (Lipinski definition) is 3. The zero-order valence-electron chi connectivity index (χ0n) is 24.2. The van der Waals surface area contributed by atoms with Gasteiger partial charge in [0.2, 0.25) is 0 Å². The van der Waals surface area contributed by atoms with Gasteiger partial charge in [0.25, 0.3) is 0 Å². The molecule has 0 aromatic carbocycles. The Morgan fingerprint density at radius 1 is 1.23 bits per heavy atom. The van der Waals surface area contributed by atoms with Gasteiger partial charge in [-0.2, -0.15) is 0 Å². The average Bonchev–Trinajstić information content (AvgIpc) is 3.28. The third-order valence-electron chi connectivity index (χ3n) is 10.3. The molecule has 4 aliphatic rings. The number of hydrogen-bond acceptors (Lipinski definition) is 8. The van der Waals surface area contributed by atoms with E-state index in [1.807, 2.05) is 20.8 Å². The second-order valence-corrected chi connectivity index (χ2v) is 12.7. The summed E-state index contributed by atoms with van der Waals surface area (Å²) in [5.74, 6) is -3.10. The number of unbranched alkanes of at least 4 members (excludes halogenated alkanes) is 2. The normalized spacial score (nSPS) is 40.4. The molecule has 0 amide bonds. The molecule has 8 atom stereocenters. The molecule has 4 aliphatic carbocycles. The molecule has 4 rings (SSSR count). The first-order valence-electron chi connectivity index (χ1n) is 14.2. The molecule has 8 nitrogen and oxygen atoms in total. The number of rotatable bonds is 8. The minimum absolute atomic E-state index is 0.0876. The van der Waals surface area contributed by atoms with E-state index in [0.29, 0.717) is 17.6 Å². The van der Waals surface area contributed by atoms with Crippen LogP contribution in [0, 0.1) is 28.6 Å². The summed E-state index contributed by atoms with van der Waals surface area (Å²) in [6, 6.07) is 0. The van der Waals surface area contributed by atoms with Gasteiger partial charge >= 0.3 is 11.9 Å². The van der Waals surface area contributed by atoms with Crippen LogP contribution in [0.2, 0.25) is 0 Å². The van der Waals surface area contributed by atoms with Crippen LogP contribution in [-0.4, -0.2) is 63.1 Å². The highest BCUT2D eigenvalue weighted by molar-refractivity contribution is 5.96. The van der Waals surface area contributed by atoms with Crippen molar-refractivity contribution in [3.8, 4) is 0 Å². The van der Waals surface area contributed by atoms with Crippen LogP contribution in [0.25, 0.3) is 0 Å². The summed E-state index contributed by atoms with van der Waals surface area (Å²) >= 11 is 0. The molecule has 0 aliphatic heterocycles. The van der Waals surface area contributed by atoms with Gasteiger partial charge in [-0.3, -0.25) is 9.59 Å². The summed E-state index contributed by atoms with van der Waals surface area (Å²) in [6.45, 7) is 12.2. The van der Waals surface area contributed by atoms with E-state index in [1.54, 1.807) is 39.0 Å². The van der Waals surface area contributed by atoms with Gasteiger partial charge in [0.15, 0.2) is 17.5 Å². The third-order valence-corrected chi connectivity index (χ3v) is 10.3. The van der Waals surface area contributed by atoms with Crippen molar-refractivity contribution in [2.24, 2.45) is 28.6 Å². The van der Waals surface area contributed by atoms with Crippen LogP contribution in [0.15, 0.2) is 34.9 Å². The number of ketones is 1. The summed E-state index contributed by atoms with van der Waals surface area (Å²) in [5.41, 5.74) is -4.51. The Morgan fingerprint density at radius 3 is 2.49 bits per heavy atom. The number of fused-ring (bicyclic) bond motifs is 3. The highest BCUT2D eigenvalue weighted by Gasteiger charge is 2.83. The first-order valence-corrected chi connectivity index (χ1v) is 14.2. The number of allylic oxidation sites excluding steroid dienone is 2. The van der Waals surface area contributed by atoms with Gasteiger partial charge in [0.05, 0.1) is 12.0 Å². The fourth-order valence-electron chi connectivity index (χ4n) is 7.99. The Labute approximate surface area is 231 Å². The predicted octanol–water partition coefficient (Wildman–Crippen LogP) is 3.58. The van der Waals surface area contributed by atoms with Gasteiger partial charge in [0, 0.05) is 29.2 Å². The highest BCUT2D eigenvalue weighted by atomic mass is 16.6. The number of carbonyl (C=O) groups is 3. The lowest BCUT2D eigenvalue weighted by atomic mass is 9.59. The van der Waals surface area contributed by atoms with Gasteiger partial charge in [-0.25, -0.2) is 4.79 Å². The summed E-state index contributed by atoms with van der Waals surface area (Å²) in [7, 11) is 0. The van der Waals surface area contributed by atoms with Gasteiger partial charge in [-0.1, -0.05) is 58.8 Å². The molecule has 0 aromatic heterocycles. The Bertz CT molecular complexity index is 1150. The molecule has 0 heterocycles. The number of esters is 2. The van der Waals surface area contributed by atoms with Crippen LogP contribution in [0.4, 0.5) is 0 Å². The molecule has 216 valence electrons. The van der Waals surface area contributed by atoms with Crippen molar-refractivity contribution in [3.63, 3.8) is 0 Å². The quantitative estimate of drug-likeness (QED) is 0.183. The topological polar surface area (TPSA) is 130 Å². The van der Waals surface area contributed by atoms with Crippen molar-refractivity contribution in [2.75, 3.05) is 6.61 Å².